The predicted octanol–water partition coefficient (Wildman–Crippen LogP) is 0.473. The minimum atomic E-state index is -2.77. The predicted molar refractivity (Wildman–Crippen MR) is 68.8 cm³/mol. The first-order valence-corrected chi connectivity index (χ1v) is 7.42. The topological polar surface area (TPSA) is 117 Å². The van der Waals surface area contributed by atoms with Gasteiger partial charge in [0.1, 0.15) is 6.04 Å². The SMILES string of the molecule is N=S(=O)(CCc1ccncc1)CC[C@H](N)C(=O)O. The Morgan fingerprint density at radius 2 is 2.06 bits per heavy atom. The summed E-state index contributed by atoms with van der Waals surface area (Å²) < 4.78 is 19.6. The molecule has 7 heteroatoms. The standard InChI is InChI=1S/C11H17N3O3S/c12-10(11(15)16)4-8-18(13,17)7-3-9-1-5-14-6-2-9/h1-2,5-6,10,13H,3-4,7-8,12H2,(H,15,16)/t10-,18?/m0/s1. The Morgan fingerprint density at radius 3 is 2.61 bits per heavy atom. The molecule has 0 bridgehead atoms. The highest BCUT2D eigenvalue weighted by molar-refractivity contribution is 7.92. The van der Waals surface area contributed by atoms with Crippen LogP contribution in [0.25, 0.3) is 0 Å². The van der Waals surface area contributed by atoms with Crippen molar-refractivity contribution in [3.8, 4) is 0 Å². The van der Waals surface area contributed by atoms with Crippen LogP contribution < -0.4 is 5.73 Å². The lowest BCUT2D eigenvalue weighted by Gasteiger charge is -2.09. The maximum absolute atomic E-state index is 11.9. The number of pyridine rings is 1. The van der Waals surface area contributed by atoms with Gasteiger partial charge in [-0.05, 0) is 30.5 Å². The molecule has 6 nitrogen and oxygen atoms in total. The number of carbonyl (C=O) groups is 1. The second-order valence-corrected chi connectivity index (χ2v) is 6.50. The number of hydrogen-bond donors (Lipinski definition) is 3. The summed E-state index contributed by atoms with van der Waals surface area (Å²) in [6.45, 7) is 0. The molecule has 0 aliphatic rings. The zero-order chi connectivity index (χ0) is 13.6. The highest BCUT2D eigenvalue weighted by atomic mass is 32.2. The maximum Gasteiger partial charge on any atom is 0.320 e. The molecule has 1 aromatic rings. The van der Waals surface area contributed by atoms with Crippen LogP contribution in [0.5, 0.6) is 0 Å². The van der Waals surface area contributed by atoms with Gasteiger partial charge in [0.15, 0.2) is 0 Å². The Kier molecular flexibility index (Phi) is 5.24. The molecule has 1 heterocycles. The minimum Gasteiger partial charge on any atom is -0.480 e. The maximum atomic E-state index is 11.9. The van der Waals surface area contributed by atoms with Crippen LogP contribution in [0.3, 0.4) is 0 Å². The van der Waals surface area contributed by atoms with Crippen molar-refractivity contribution in [2.75, 3.05) is 11.5 Å². The summed E-state index contributed by atoms with van der Waals surface area (Å²) in [5, 5.41) is 8.60. The molecule has 1 rings (SSSR count). The smallest absolute Gasteiger partial charge is 0.320 e. The number of nitrogens with zero attached hydrogens (tertiary/aromatic N) is 1. The molecule has 0 saturated heterocycles. The number of nitrogens with one attached hydrogen (secondary N) is 1. The van der Waals surface area contributed by atoms with Gasteiger partial charge in [-0.2, -0.15) is 0 Å². The third-order valence-electron chi connectivity index (χ3n) is 2.55. The van der Waals surface area contributed by atoms with E-state index in [0.29, 0.717) is 6.42 Å². The molecule has 18 heavy (non-hydrogen) atoms. The number of nitrogens with two attached hydrogens (primary N) is 1. The molecule has 0 radical (unpaired) electrons. The van der Waals surface area contributed by atoms with Crippen LogP contribution in [0, 0.1) is 4.78 Å². The highest BCUT2D eigenvalue weighted by Crippen LogP contribution is 2.04. The number of rotatable bonds is 7. The van der Waals surface area contributed by atoms with Crippen molar-refractivity contribution in [2.45, 2.75) is 18.9 Å². The fourth-order valence-corrected chi connectivity index (χ4v) is 2.78. The summed E-state index contributed by atoms with van der Waals surface area (Å²) in [5.74, 6) is -0.895. The average molecular weight is 271 g/mol. The van der Waals surface area contributed by atoms with Gasteiger partial charge < -0.3 is 10.8 Å². The number of hydrogen-bond acceptors (Lipinski definition) is 5. The zero-order valence-electron chi connectivity index (χ0n) is 9.91. The van der Waals surface area contributed by atoms with E-state index in [1.165, 1.54) is 0 Å². The van der Waals surface area contributed by atoms with E-state index in [9.17, 15) is 9.00 Å². The molecule has 0 aliphatic heterocycles. The molecule has 0 saturated carbocycles. The molecular formula is C11H17N3O3S. The van der Waals surface area contributed by atoms with Crippen molar-refractivity contribution in [3.05, 3.63) is 30.1 Å². The van der Waals surface area contributed by atoms with Gasteiger partial charge in [-0.1, -0.05) is 0 Å². The third kappa shape index (κ3) is 5.24. The van der Waals surface area contributed by atoms with E-state index in [4.69, 9.17) is 15.6 Å². The summed E-state index contributed by atoms with van der Waals surface area (Å²) in [6, 6.07) is 2.56. The monoisotopic (exact) mass is 271 g/mol. The summed E-state index contributed by atoms with van der Waals surface area (Å²) in [6.07, 6.45) is 3.87. The normalized spacial score (nSPS) is 15.8. The molecule has 0 spiro atoms. The zero-order valence-corrected chi connectivity index (χ0v) is 10.7. The Balaban J connectivity index is 2.43. The number of carboxylic acids is 1. The number of aromatic nitrogens is 1. The van der Waals surface area contributed by atoms with Crippen molar-refractivity contribution in [1.29, 1.82) is 4.78 Å². The van der Waals surface area contributed by atoms with E-state index < -0.39 is 21.7 Å². The molecule has 0 aliphatic carbocycles. The first-order valence-electron chi connectivity index (χ1n) is 5.52. The van der Waals surface area contributed by atoms with Gasteiger partial charge in [-0.15, -0.1) is 0 Å². The van der Waals surface area contributed by atoms with Gasteiger partial charge in [0.05, 0.1) is 0 Å². The van der Waals surface area contributed by atoms with Crippen LogP contribution in [0.1, 0.15) is 12.0 Å². The number of aryl methyl sites for hydroxylation is 1. The lowest BCUT2D eigenvalue weighted by Crippen LogP contribution is -2.32. The Morgan fingerprint density at radius 1 is 1.44 bits per heavy atom. The molecule has 2 atom stereocenters. The molecule has 1 aromatic heterocycles. The Hall–Kier alpha value is -1.47. The fourth-order valence-electron chi connectivity index (χ4n) is 1.38. The molecule has 0 aromatic carbocycles. The van der Waals surface area contributed by atoms with Crippen molar-refractivity contribution >= 4 is 15.7 Å². The van der Waals surface area contributed by atoms with Crippen LogP contribution in [0.4, 0.5) is 0 Å². The van der Waals surface area contributed by atoms with Crippen LogP contribution in [-0.2, 0) is 20.9 Å². The Bertz CT molecular complexity index is 488. The van der Waals surface area contributed by atoms with Crippen molar-refractivity contribution in [1.82, 2.24) is 4.98 Å². The average Bonchev–Trinajstić information content (AvgIpc) is 2.35. The molecule has 0 amide bonds. The first kappa shape index (κ1) is 14.6. The minimum absolute atomic E-state index is 0.0194. The van der Waals surface area contributed by atoms with E-state index in [2.05, 4.69) is 4.98 Å². The fraction of sp³-hybridized carbons (Fsp3) is 0.455. The Labute approximate surface area is 106 Å². The van der Waals surface area contributed by atoms with E-state index in [1.54, 1.807) is 24.5 Å². The van der Waals surface area contributed by atoms with Gasteiger partial charge >= 0.3 is 5.97 Å². The summed E-state index contributed by atoms with van der Waals surface area (Å²) in [7, 11) is -2.77. The summed E-state index contributed by atoms with van der Waals surface area (Å²) in [5.41, 5.74) is 6.28. The van der Waals surface area contributed by atoms with Crippen LogP contribution in [-0.4, -0.2) is 37.8 Å². The highest BCUT2D eigenvalue weighted by Gasteiger charge is 2.15. The second kappa shape index (κ2) is 6.46. The largest absolute Gasteiger partial charge is 0.480 e. The lowest BCUT2D eigenvalue weighted by molar-refractivity contribution is -0.138. The molecule has 0 fully saturated rings. The van der Waals surface area contributed by atoms with Crippen LogP contribution in [0.2, 0.25) is 0 Å². The van der Waals surface area contributed by atoms with E-state index in [-0.39, 0.29) is 17.9 Å². The van der Waals surface area contributed by atoms with E-state index in [0.717, 1.165) is 5.56 Å². The quantitative estimate of drug-likeness (QED) is 0.666. The van der Waals surface area contributed by atoms with Crippen molar-refractivity contribution < 1.29 is 14.1 Å². The summed E-state index contributed by atoms with van der Waals surface area (Å²) in [4.78, 5) is 14.4. The van der Waals surface area contributed by atoms with Crippen LogP contribution >= 0.6 is 0 Å². The number of aliphatic carboxylic acids is 1. The van der Waals surface area contributed by atoms with Gasteiger partial charge in [-0.25, -0.2) is 4.21 Å². The molecule has 100 valence electrons. The van der Waals surface area contributed by atoms with Gasteiger partial charge in [-0.3, -0.25) is 14.6 Å². The van der Waals surface area contributed by atoms with Gasteiger partial charge in [0, 0.05) is 33.6 Å². The van der Waals surface area contributed by atoms with Gasteiger partial charge in [0.2, 0.25) is 0 Å². The molecule has 4 N–H and O–H groups in total. The molecular weight excluding hydrogens is 254 g/mol. The second-order valence-electron chi connectivity index (χ2n) is 4.06. The van der Waals surface area contributed by atoms with E-state index >= 15 is 0 Å². The lowest BCUT2D eigenvalue weighted by atomic mass is 10.2. The van der Waals surface area contributed by atoms with Crippen molar-refractivity contribution in [2.24, 2.45) is 5.73 Å². The third-order valence-corrected chi connectivity index (χ3v) is 4.30. The summed E-state index contributed by atoms with van der Waals surface area (Å²) >= 11 is 0. The van der Waals surface area contributed by atoms with E-state index in [1.807, 2.05) is 0 Å². The van der Waals surface area contributed by atoms with Gasteiger partial charge in [0.25, 0.3) is 0 Å². The molecule has 1 unspecified atom stereocenters. The first-order chi connectivity index (χ1) is 8.41. The van der Waals surface area contributed by atoms with Crippen molar-refractivity contribution in [3.63, 3.8) is 0 Å². The number of carboxylic acid groups (broad SMARTS) is 1. The van der Waals surface area contributed by atoms with Crippen LogP contribution in [0.15, 0.2) is 24.5 Å².